The predicted octanol–water partition coefficient (Wildman–Crippen LogP) is 4.99. The van der Waals surface area contributed by atoms with Crippen molar-refractivity contribution in [2.75, 3.05) is 5.32 Å². The zero-order valence-electron chi connectivity index (χ0n) is 20.5. The lowest BCUT2D eigenvalue weighted by Crippen LogP contribution is -2.44. The van der Waals surface area contributed by atoms with Crippen LogP contribution >= 0.6 is 0 Å². The van der Waals surface area contributed by atoms with Gasteiger partial charge in [0.25, 0.3) is 5.91 Å². The van der Waals surface area contributed by atoms with E-state index in [1.54, 1.807) is 36.4 Å². The zero-order valence-corrected chi connectivity index (χ0v) is 20.5. The first-order chi connectivity index (χ1) is 16.7. The molecule has 1 saturated heterocycles. The van der Waals surface area contributed by atoms with Gasteiger partial charge in [-0.25, -0.2) is 4.79 Å². The van der Waals surface area contributed by atoms with Crippen LogP contribution in [0.15, 0.2) is 78.9 Å². The van der Waals surface area contributed by atoms with Crippen LogP contribution in [0.25, 0.3) is 0 Å². The van der Waals surface area contributed by atoms with Gasteiger partial charge in [0.15, 0.2) is 0 Å². The standard InChI is InChI=1S/C28H30BNO5/c1-5-28(4)27(2,3)34-29(35-28)23-13-9-12-22(18-23)25(31)30-24-16-14-21(15-17-24)26(32)33-19-20-10-7-6-8-11-20/h6-18H,5,19H2,1-4H3,(H,30,31). The van der Waals surface area contributed by atoms with Crippen molar-refractivity contribution in [2.45, 2.75) is 51.9 Å². The van der Waals surface area contributed by atoms with Crippen molar-refractivity contribution in [3.8, 4) is 0 Å². The van der Waals surface area contributed by atoms with Gasteiger partial charge in [0.1, 0.15) is 6.61 Å². The molecule has 6 nitrogen and oxygen atoms in total. The summed E-state index contributed by atoms with van der Waals surface area (Å²) in [5.74, 6) is -0.681. The summed E-state index contributed by atoms with van der Waals surface area (Å²) in [7, 11) is -0.538. The number of amides is 1. The SMILES string of the molecule is CCC1(C)OB(c2cccc(C(=O)Nc3ccc(C(=O)OCc4ccccc4)cc3)c2)OC1(C)C. The molecule has 3 aromatic rings. The van der Waals surface area contributed by atoms with Gasteiger partial charge >= 0.3 is 13.1 Å². The normalized spacial score (nSPS) is 18.8. The molecule has 0 spiro atoms. The third kappa shape index (κ3) is 5.47. The van der Waals surface area contributed by atoms with Crippen molar-refractivity contribution >= 4 is 30.1 Å². The number of rotatable bonds is 7. The quantitative estimate of drug-likeness (QED) is 0.389. The summed E-state index contributed by atoms with van der Waals surface area (Å²) in [6.45, 7) is 8.37. The fraction of sp³-hybridized carbons (Fsp3) is 0.286. The molecule has 4 rings (SSSR count). The maximum atomic E-state index is 12.9. The Labute approximate surface area is 206 Å². The van der Waals surface area contributed by atoms with Crippen molar-refractivity contribution in [3.05, 3.63) is 95.6 Å². The first-order valence-corrected chi connectivity index (χ1v) is 11.8. The molecule has 1 atom stereocenters. The molecule has 1 unspecified atom stereocenters. The Morgan fingerprint density at radius 2 is 1.60 bits per heavy atom. The maximum Gasteiger partial charge on any atom is 0.494 e. The van der Waals surface area contributed by atoms with Crippen LogP contribution in [0.3, 0.4) is 0 Å². The molecule has 180 valence electrons. The minimum Gasteiger partial charge on any atom is -0.457 e. The lowest BCUT2D eigenvalue weighted by Gasteiger charge is -2.35. The highest BCUT2D eigenvalue weighted by Crippen LogP contribution is 2.39. The van der Waals surface area contributed by atoms with Gasteiger partial charge < -0.3 is 19.4 Å². The first-order valence-electron chi connectivity index (χ1n) is 11.8. The smallest absolute Gasteiger partial charge is 0.457 e. The van der Waals surface area contributed by atoms with Gasteiger partial charge in [-0.05, 0) is 74.6 Å². The Bertz CT molecular complexity index is 1200. The minimum atomic E-state index is -0.538. The molecule has 1 fully saturated rings. The molecule has 0 radical (unpaired) electrons. The molecule has 1 aliphatic rings. The molecule has 3 aromatic carbocycles. The summed E-state index contributed by atoms with van der Waals surface area (Å²) in [6.07, 6.45) is 0.812. The Hall–Kier alpha value is -3.42. The van der Waals surface area contributed by atoms with E-state index in [-0.39, 0.29) is 12.5 Å². The third-order valence-electron chi connectivity index (χ3n) is 6.73. The summed E-state index contributed by atoms with van der Waals surface area (Å²) in [6, 6.07) is 23.4. The molecule has 35 heavy (non-hydrogen) atoms. The highest BCUT2D eigenvalue weighted by molar-refractivity contribution is 6.62. The van der Waals surface area contributed by atoms with E-state index >= 15 is 0 Å². The third-order valence-corrected chi connectivity index (χ3v) is 6.73. The van der Waals surface area contributed by atoms with Gasteiger partial charge in [-0.2, -0.15) is 0 Å². The van der Waals surface area contributed by atoms with E-state index in [0.29, 0.717) is 16.8 Å². The number of anilines is 1. The number of esters is 1. The van der Waals surface area contributed by atoms with E-state index < -0.39 is 24.3 Å². The van der Waals surface area contributed by atoms with Crippen LogP contribution in [0.1, 0.15) is 60.4 Å². The fourth-order valence-electron chi connectivity index (χ4n) is 3.97. The van der Waals surface area contributed by atoms with Crippen molar-refractivity contribution in [3.63, 3.8) is 0 Å². The zero-order chi connectivity index (χ0) is 25.1. The number of nitrogens with one attached hydrogen (secondary N) is 1. The summed E-state index contributed by atoms with van der Waals surface area (Å²) >= 11 is 0. The molecule has 0 aliphatic carbocycles. The minimum absolute atomic E-state index is 0.206. The van der Waals surface area contributed by atoms with Gasteiger partial charge in [-0.1, -0.05) is 49.4 Å². The monoisotopic (exact) mass is 471 g/mol. The molecular formula is C28H30BNO5. The number of carbonyl (C=O) groups is 2. The Balaban J connectivity index is 1.38. The maximum absolute atomic E-state index is 12.9. The lowest BCUT2D eigenvalue weighted by atomic mass is 9.78. The van der Waals surface area contributed by atoms with Crippen LogP contribution in [-0.4, -0.2) is 30.2 Å². The van der Waals surface area contributed by atoms with Crippen molar-refractivity contribution < 1.29 is 23.6 Å². The average Bonchev–Trinajstić information content (AvgIpc) is 3.12. The molecule has 0 aromatic heterocycles. The molecule has 0 saturated carbocycles. The molecule has 7 heteroatoms. The van der Waals surface area contributed by atoms with Gasteiger partial charge in [-0.15, -0.1) is 0 Å². The van der Waals surface area contributed by atoms with Crippen molar-refractivity contribution in [2.24, 2.45) is 0 Å². The first kappa shape index (κ1) is 24.7. The van der Waals surface area contributed by atoms with Gasteiger partial charge in [0, 0.05) is 11.3 Å². The van der Waals surface area contributed by atoms with Gasteiger partial charge in [-0.3, -0.25) is 4.79 Å². The molecule has 1 aliphatic heterocycles. The van der Waals surface area contributed by atoms with Crippen molar-refractivity contribution in [1.29, 1.82) is 0 Å². The molecule has 1 amide bonds. The van der Waals surface area contributed by atoms with E-state index in [0.717, 1.165) is 17.4 Å². The number of hydrogen-bond donors (Lipinski definition) is 1. The van der Waals surface area contributed by atoms with Gasteiger partial charge in [0.05, 0.1) is 16.8 Å². The fourth-order valence-corrected chi connectivity index (χ4v) is 3.97. The van der Waals surface area contributed by atoms with E-state index in [4.69, 9.17) is 14.0 Å². The van der Waals surface area contributed by atoms with Crippen LogP contribution < -0.4 is 10.8 Å². The summed E-state index contributed by atoms with van der Waals surface area (Å²) in [5, 5.41) is 2.87. The highest BCUT2D eigenvalue weighted by Gasteiger charge is 2.53. The van der Waals surface area contributed by atoms with E-state index in [1.807, 2.05) is 63.2 Å². The van der Waals surface area contributed by atoms with Crippen molar-refractivity contribution in [1.82, 2.24) is 0 Å². The Kier molecular flexibility index (Phi) is 7.10. The number of carbonyl (C=O) groups excluding carboxylic acids is 2. The lowest BCUT2D eigenvalue weighted by molar-refractivity contribution is -0.0118. The molecule has 1 N–H and O–H groups in total. The summed E-state index contributed by atoms with van der Waals surface area (Å²) in [5.41, 5.74) is 2.33. The van der Waals surface area contributed by atoms with Gasteiger partial charge in [0.2, 0.25) is 0 Å². The summed E-state index contributed by atoms with van der Waals surface area (Å²) in [4.78, 5) is 25.2. The largest absolute Gasteiger partial charge is 0.494 e. The van der Waals surface area contributed by atoms with Crippen LogP contribution in [0.2, 0.25) is 0 Å². The highest BCUT2D eigenvalue weighted by atomic mass is 16.7. The number of ether oxygens (including phenoxy) is 1. The second-order valence-corrected chi connectivity index (χ2v) is 9.38. The predicted molar refractivity (Wildman–Crippen MR) is 137 cm³/mol. The summed E-state index contributed by atoms with van der Waals surface area (Å²) < 4.78 is 17.8. The second kappa shape index (κ2) is 10.1. The Morgan fingerprint density at radius 3 is 2.26 bits per heavy atom. The molecular weight excluding hydrogens is 441 g/mol. The van der Waals surface area contributed by atoms with E-state index in [2.05, 4.69) is 12.2 Å². The average molecular weight is 471 g/mol. The topological polar surface area (TPSA) is 73.9 Å². The van der Waals surface area contributed by atoms with E-state index in [9.17, 15) is 9.59 Å². The second-order valence-electron chi connectivity index (χ2n) is 9.38. The molecule has 0 bridgehead atoms. The van der Waals surface area contributed by atoms with Crippen LogP contribution in [0.5, 0.6) is 0 Å². The Morgan fingerprint density at radius 1 is 0.886 bits per heavy atom. The number of benzene rings is 3. The van der Waals surface area contributed by atoms with Crippen LogP contribution in [-0.2, 0) is 20.7 Å². The van der Waals surface area contributed by atoms with Crippen LogP contribution in [0, 0.1) is 0 Å². The molecule has 1 heterocycles. The van der Waals surface area contributed by atoms with Crippen LogP contribution in [0.4, 0.5) is 5.69 Å². The number of hydrogen-bond acceptors (Lipinski definition) is 5. The van der Waals surface area contributed by atoms with E-state index in [1.165, 1.54) is 0 Å².